The summed E-state index contributed by atoms with van der Waals surface area (Å²) in [6, 6.07) is -1.31. The Labute approximate surface area is 121 Å². The average Bonchev–Trinajstić information content (AvgIpc) is 2.54. The second-order valence-electron chi connectivity index (χ2n) is 5.24. The maximum absolute atomic E-state index is 12.6. The first-order valence-corrected chi connectivity index (χ1v) is 9.97. The van der Waals surface area contributed by atoms with Gasteiger partial charge >= 0.3 is 16.2 Å². The predicted octanol–water partition coefficient (Wildman–Crippen LogP) is -0.122. The van der Waals surface area contributed by atoms with Crippen LogP contribution in [0.15, 0.2) is 0 Å². The number of nitrogens with zero attached hydrogens (tertiary/aromatic N) is 1. The van der Waals surface area contributed by atoms with Crippen LogP contribution in [0.25, 0.3) is 0 Å². The van der Waals surface area contributed by atoms with E-state index in [0.29, 0.717) is 0 Å². The molecule has 0 saturated carbocycles. The van der Waals surface area contributed by atoms with E-state index < -0.39 is 47.2 Å². The Morgan fingerprint density at radius 2 is 2.14 bits per heavy atom. The van der Waals surface area contributed by atoms with Gasteiger partial charge < -0.3 is 14.9 Å². The Bertz CT molecular complexity index is 572. The molecular weight excluding hydrogens is 328 g/mol. The standard InChI is InChI=1S/C10H17FNO7PS/c1-20(16,17)3-2-8(10(14)15)12-5-7(4-9(12)13)6-21(11,18)19/h7-8H,2-6H2,1H3,(H,14,15)(H,16,17). The van der Waals surface area contributed by atoms with Crippen molar-refractivity contribution in [2.45, 2.75) is 18.9 Å². The SMILES string of the molecule is CP(=O)(O)CCC(C(=O)O)N1CC(CS(=O)(=O)F)CC1=O. The Morgan fingerprint density at radius 1 is 1.57 bits per heavy atom. The van der Waals surface area contributed by atoms with Crippen LogP contribution in [0.4, 0.5) is 3.89 Å². The quantitative estimate of drug-likeness (QED) is 0.486. The van der Waals surface area contributed by atoms with E-state index in [1.54, 1.807) is 0 Å². The van der Waals surface area contributed by atoms with Crippen LogP contribution >= 0.6 is 7.37 Å². The van der Waals surface area contributed by atoms with Crippen LogP contribution in [-0.2, 0) is 24.4 Å². The minimum absolute atomic E-state index is 0.196. The number of likely N-dealkylation sites (tertiary alicyclic amines) is 1. The van der Waals surface area contributed by atoms with Gasteiger partial charge in [-0.15, -0.1) is 3.89 Å². The maximum Gasteiger partial charge on any atom is 0.326 e. The molecule has 1 heterocycles. The van der Waals surface area contributed by atoms with Gasteiger partial charge in [0.05, 0.1) is 5.75 Å². The second kappa shape index (κ2) is 6.41. The van der Waals surface area contributed by atoms with Crippen LogP contribution < -0.4 is 0 Å². The van der Waals surface area contributed by atoms with Gasteiger partial charge in [-0.3, -0.25) is 9.36 Å². The molecule has 0 aliphatic carbocycles. The first kappa shape index (κ1) is 18.1. The third kappa shape index (κ3) is 6.11. The lowest BCUT2D eigenvalue weighted by molar-refractivity contribution is -0.148. The molecule has 21 heavy (non-hydrogen) atoms. The van der Waals surface area contributed by atoms with E-state index in [1.807, 2.05) is 0 Å². The molecule has 1 rings (SSSR count). The lowest BCUT2D eigenvalue weighted by atomic mass is 10.1. The molecule has 0 spiro atoms. The fraction of sp³-hybridized carbons (Fsp3) is 0.800. The molecule has 122 valence electrons. The Balaban J connectivity index is 2.78. The summed E-state index contributed by atoms with van der Waals surface area (Å²) in [7, 11) is -8.17. The van der Waals surface area contributed by atoms with Crippen molar-refractivity contribution in [3.63, 3.8) is 0 Å². The Hall–Kier alpha value is -0.990. The van der Waals surface area contributed by atoms with Gasteiger partial charge in [0.2, 0.25) is 5.91 Å². The van der Waals surface area contributed by atoms with Gasteiger partial charge in [-0.2, -0.15) is 8.42 Å². The molecule has 1 fully saturated rings. The van der Waals surface area contributed by atoms with E-state index in [2.05, 4.69) is 0 Å². The summed E-state index contributed by atoms with van der Waals surface area (Å²) in [5.41, 5.74) is 0. The van der Waals surface area contributed by atoms with Crippen molar-refractivity contribution in [1.29, 1.82) is 0 Å². The highest BCUT2D eigenvalue weighted by molar-refractivity contribution is 7.86. The third-order valence-corrected chi connectivity index (χ3v) is 5.11. The number of rotatable bonds is 7. The molecule has 1 aliphatic rings. The first-order valence-electron chi connectivity index (χ1n) is 6.13. The number of carbonyl (C=O) groups is 2. The van der Waals surface area contributed by atoms with Gasteiger partial charge in [-0.1, -0.05) is 0 Å². The molecule has 1 saturated heterocycles. The Morgan fingerprint density at radius 3 is 2.57 bits per heavy atom. The first-order chi connectivity index (χ1) is 9.39. The van der Waals surface area contributed by atoms with E-state index in [-0.39, 0.29) is 25.5 Å². The van der Waals surface area contributed by atoms with Gasteiger partial charge in [0.25, 0.3) is 0 Å². The minimum Gasteiger partial charge on any atom is -0.480 e. The lowest BCUT2D eigenvalue weighted by Crippen LogP contribution is -2.43. The highest BCUT2D eigenvalue weighted by atomic mass is 32.3. The lowest BCUT2D eigenvalue weighted by Gasteiger charge is -2.25. The van der Waals surface area contributed by atoms with E-state index in [1.165, 1.54) is 0 Å². The smallest absolute Gasteiger partial charge is 0.326 e. The molecule has 1 amide bonds. The zero-order chi connectivity index (χ0) is 16.4. The molecule has 1 aliphatic heterocycles. The molecular formula is C10H17FNO7PS. The van der Waals surface area contributed by atoms with Crippen molar-refractivity contribution < 1.29 is 36.5 Å². The van der Waals surface area contributed by atoms with Crippen molar-refractivity contribution >= 4 is 29.5 Å². The highest BCUT2D eigenvalue weighted by Gasteiger charge is 2.39. The predicted molar refractivity (Wildman–Crippen MR) is 71.4 cm³/mol. The summed E-state index contributed by atoms with van der Waals surface area (Å²) < 4.78 is 45.0. The highest BCUT2D eigenvalue weighted by Crippen LogP contribution is 2.37. The van der Waals surface area contributed by atoms with Crippen LogP contribution in [0.1, 0.15) is 12.8 Å². The summed E-state index contributed by atoms with van der Waals surface area (Å²) in [5, 5.41) is 9.11. The van der Waals surface area contributed by atoms with Crippen LogP contribution in [-0.4, -0.2) is 66.4 Å². The largest absolute Gasteiger partial charge is 0.480 e. The number of hydrogen-bond acceptors (Lipinski definition) is 5. The summed E-state index contributed by atoms with van der Waals surface area (Å²) in [6.45, 7) is 0.884. The van der Waals surface area contributed by atoms with E-state index in [9.17, 15) is 31.4 Å². The molecule has 3 unspecified atom stereocenters. The summed E-state index contributed by atoms with van der Waals surface area (Å²) in [6.07, 6.45) is -0.754. The van der Waals surface area contributed by atoms with E-state index >= 15 is 0 Å². The topological polar surface area (TPSA) is 129 Å². The van der Waals surface area contributed by atoms with Crippen molar-refractivity contribution in [2.75, 3.05) is 25.1 Å². The number of halogens is 1. The van der Waals surface area contributed by atoms with Crippen LogP contribution in [0.2, 0.25) is 0 Å². The fourth-order valence-electron chi connectivity index (χ4n) is 2.28. The third-order valence-electron chi connectivity index (χ3n) is 3.15. The van der Waals surface area contributed by atoms with E-state index in [0.717, 1.165) is 11.6 Å². The van der Waals surface area contributed by atoms with Crippen molar-refractivity contribution in [3.05, 3.63) is 0 Å². The number of carboxylic acids is 1. The molecule has 0 radical (unpaired) electrons. The monoisotopic (exact) mass is 345 g/mol. The molecule has 11 heteroatoms. The normalized spacial score (nSPS) is 23.9. The fourth-order valence-corrected chi connectivity index (χ4v) is 3.79. The van der Waals surface area contributed by atoms with Crippen molar-refractivity contribution in [1.82, 2.24) is 4.90 Å². The number of carbonyl (C=O) groups excluding carboxylic acids is 1. The summed E-state index contributed by atoms with van der Waals surface area (Å²) in [5.74, 6) is -3.59. The molecule has 0 aromatic rings. The summed E-state index contributed by atoms with van der Waals surface area (Å²) >= 11 is 0. The molecule has 8 nitrogen and oxygen atoms in total. The number of amides is 1. The van der Waals surface area contributed by atoms with Gasteiger partial charge in [0.15, 0.2) is 7.37 Å². The molecule has 2 N–H and O–H groups in total. The number of carboxylic acid groups (broad SMARTS) is 1. The summed E-state index contributed by atoms with van der Waals surface area (Å²) in [4.78, 5) is 33.1. The van der Waals surface area contributed by atoms with Crippen LogP contribution in [0.3, 0.4) is 0 Å². The molecule has 0 aromatic carbocycles. The van der Waals surface area contributed by atoms with Crippen LogP contribution in [0.5, 0.6) is 0 Å². The van der Waals surface area contributed by atoms with Crippen molar-refractivity contribution in [2.24, 2.45) is 5.92 Å². The molecule has 3 atom stereocenters. The second-order valence-corrected chi connectivity index (χ2v) is 9.20. The Kier molecular flexibility index (Phi) is 5.51. The van der Waals surface area contributed by atoms with Crippen molar-refractivity contribution in [3.8, 4) is 0 Å². The molecule has 0 bridgehead atoms. The maximum atomic E-state index is 12.6. The number of aliphatic carboxylic acids is 1. The zero-order valence-corrected chi connectivity index (χ0v) is 13.0. The van der Waals surface area contributed by atoms with E-state index in [4.69, 9.17) is 5.11 Å². The van der Waals surface area contributed by atoms with Gasteiger partial charge in [-0.05, 0) is 6.42 Å². The number of hydrogen-bond donors (Lipinski definition) is 2. The van der Waals surface area contributed by atoms with Gasteiger partial charge in [0.1, 0.15) is 6.04 Å². The minimum atomic E-state index is -4.75. The van der Waals surface area contributed by atoms with Gasteiger partial charge in [0, 0.05) is 31.7 Å². The van der Waals surface area contributed by atoms with Crippen LogP contribution in [0, 0.1) is 5.92 Å². The van der Waals surface area contributed by atoms with Gasteiger partial charge in [-0.25, -0.2) is 4.79 Å². The average molecular weight is 345 g/mol. The molecule has 0 aromatic heterocycles. The zero-order valence-electron chi connectivity index (χ0n) is 11.3.